The van der Waals surface area contributed by atoms with Crippen LogP contribution in [0.25, 0.3) is 0 Å². The van der Waals surface area contributed by atoms with Crippen LogP contribution in [0.4, 0.5) is 4.79 Å². The molecule has 3 aliphatic rings. The molecule has 2 unspecified atom stereocenters. The molecular formula is C16H29N3O. The van der Waals surface area contributed by atoms with Crippen molar-refractivity contribution in [1.29, 1.82) is 0 Å². The fourth-order valence-corrected chi connectivity index (χ4v) is 4.10. The molecule has 1 heterocycles. The van der Waals surface area contributed by atoms with E-state index >= 15 is 0 Å². The molecule has 114 valence electrons. The minimum absolute atomic E-state index is 0.235. The average molecular weight is 279 g/mol. The predicted octanol–water partition coefficient (Wildman–Crippen LogP) is 2.48. The molecule has 1 saturated heterocycles. The second-order valence-electron chi connectivity index (χ2n) is 7.22. The summed E-state index contributed by atoms with van der Waals surface area (Å²) in [7, 11) is 0. The van der Waals surface area contributed by atoms with Crippen LogP contribution in [0, 0.1) is 11.8 Å². The van der Waals surface area contributed by atoms with Gasteiger partial charge in [0.15, 0.2) is 0 Å². The van der Waals surface area contributed by atoms with Gasteiger partial charge in [0.1, 0.15) is 0 Å². The van der Waals surface area contributed by atoms with Crippen molar-refractivity contribution in [3.63, 3.8) is 0 Å². The van der Waals surface area contributed by atoms with Crippen molar-refractivity contribution < 1.29 is 4.79 Å². The molecule has 2 amide bonds. The number of likely N-dealkylation sites (tertiary alicyclic amines) is 1. The first kappa shape index (κ1) is 14.2. The van der Waals surface area contributed by atoms with Gasteiger partial charge in [-0.25, -0.2) is 4.79 Å². The first-order valence-corrected chi connectivity index (χ1v) is 8.51. The van der Waals surface area contributed by atoms with Crippen molar-refractivity contribution in [2.45, 2.75) is 69.9 Å². The van der Waals surface area contributed by atoms with Crippen LogP contribution in [0.5, 0.6) is 0 Å². The van der Waals surface area contributed by atoms with Gasteiger partial charge in [-0.15, -0.1) is 0 Å². The molecule has 0 radical (unpaired) electrons. The highest BCUT2D eigenvalue weighted by atomic mass is 16.2. The van der Waals surface area contributed by atoms with Gasteiger partial charge < -0.3 is 16.0 Å². The summed E-state index contributed by atoms with van der Waals surface area (Å²) in [5.41, 5.74) is 5.53. The van der Waals surface area contributed by atoms with E-state index in [0.717, 1.165) is 19.0 Å². The van der Waals surface area contributed by atoms with E-state index in [1.165, 1.54) is 57.8 Å². The summed E-state index contributed by atoms with van der Waals surface area (Å²) in [6.45, 7) is 1.70. The Morgan fingerprint density at radius 2 is 1.75 bits per heavy atom. The van der Waals surface area contributed by atoms with Crippen molar-refractivity contribution >= 4 is 6.03 Å². The largest absolute Gasteiger partial charge is 0.351 e. The number of primary amides is 1. The van der Waals surface area contributed by atoms with E-state index in [-0.39, 0.29) is 6.03 Å². The molecule has 0 aromatic carbocycles. The number of nitrogens with one attached hydrogen (secondary N) is 1. The summed E-state index contributed by atoms with van der Waals surface area (Å²) >= 11 is 0. The molecule has 20 heavy (non-hydrogen) atoms. The number of nitrogens with zero attached hydrogens (tertiary/aromatic N) is 1. The third kappa shape index (κ3) is 3.87. The highest BCUT2D eigenvalue weighted by Gasteiger charge is 2.34. The van der Waals surface area contributed by atoms with Gasteiger partial charge in [-0.1, -0.05) is 32.1 Å². The first-order valence-electron chi connectivity index (χ1n) is 8.51. The van der Waals surface area contributed by atoms with Crippen LogP contribution in [0.15, 0.2) is 0 Å². The Kier molecular flexibility index (Phi) is 4.49. The second kappa shape index (κ2) is 6.33. The van der Waals surface area contributed by atoms with Gasteiger partial charge in [-0.2, -0.15) is 0 Å². The molecule has 3 N–H and O–H groups in total. The van der Waals surface area contributed by atoms with E-state index in [9.17, 15) is 4.79 Å². The van der Waals surface area contributed by atoms with Crippen LogP contribution in [0.2, 0.25) is 0 Å². The van der Waals surface area contributed by atoms with E-state index in [1.54, 1.807) is 0 Å². The Morgan fingerprint density at radius 1 is 1.00 bits per heavy atom. The maximum absolute atomic E-state index is 11.6. The Balaban J connectivity index is 1.54. The third-order valence-corrected chi connectivity index (χ3v) is 5.29. The molecule has 2 saturated carbocycles. The van der Waals surface area contributed by atoms with Crippen LogP contribution in [-0.2, 0) is 0 Å². The normalized spacial score (nSPS) is 32.3. The summed E-state index contributed by atoms with van der Waals surface area (Å²) in [6, 6.07) is 0.896. The monoisotopic (exact) mass is 279 g/mol. The number of amides is 2. The summed E-state index contributed by atoms with van der Waals surface area (Å²) in [5, 5.41) is 3.82. The SMILES string of the molecule is NC(=O)N1CC(CC2CC2)CC(NC2CCCCC2)C1. The highest BCUT2D eigenvalue weighted by Crippen LogP contribution is 2.38. The number of carbonyl (C=O) groups excluding carboxylic acids is 1. The number of carbonyl (C=O) groups is 1. The van der Waals surface area contributed by atoms with E-state index in [2.05, 4.69) is 5.32 Å². The number of nitrogens with two attached hydrogens (primary N) is 1. The molecule has 3 fully saturated rings. The van der Waals surface area contributed by atoms with Gasteiger partial charge in [0.25, 0.3) is 0 Å². The summed E-state index contributed by atoms with van der Waals surface area (Å²) in [5.74, 6) is 1.59. The van der Waals surface area contributed by atoms with Gasteiger partial charge in [0.2, 0.25) is 0 Å². The molecule has 4 heteroatoms. The lowest BCUT2D eigenvalue weighted by Crippen LogP contribution is -2.55. The lowest BCUT2D eigenvalue weighted by Gasteiger charge is -2.39. The summed E-state index contributed by atoms with van der Waals surface area (Å²) in [4.78, 5) is 13.4. The standard InChI is InChI=1S/C16H29N3O/c17-16(20)19-10-13(8-12-6-7-12)9-15(11-19)18-14-4-2-1-3-5-14/h12-15,18H,1-11H2,(H2,17,20). The fraction of sp³-hybridized carbons (Fsp3) is 0.938. The lowest BCUT2D eigenvalue weighted by atomic mass is 9.88. The van der Waals surface area contributed by atoms with Crippen LogP contribution < -0.4 is 11.1 Å². The number of rotatable bonds is 4. The first-order chi connectivity index (χ1) is 9.70. The molecule has 2 aliphatic carbocycles. The van der Waals surface area contributed by atoms with Gasteiger partial charge in [-0.05, 0) is 37.5 Å². The smallest absolute Gasteiger partial charge is 0.314 e. The molecule has 0 aromatic rings. The molecule has 0 aromatic heterocycles. The maximum atomic E-state index is 11.6. The van der Waals surface area contributed by atoms with Gasteiger partial charge >= 0.3 is 6.03 Å². The number of piperidine rings is 1. The average Bonchev–Trinajstić information content (AvgIpc) is 3.23. The molecular weight excluding hydrogens is 250 g/mol. The van der Waals surface area contributed by atoms with Crippen molar-refractivity contribution in [1.82, 2.24) is 10.2 Å². The minimum Gasteiger partial charge on any atom is -0.351 e. The molecule has 1 aliphatic heterocycles. The highest BCUT2D eigenvalue weighted by molar-refractivity contribution is 5.72. The van der Waals surface area contributed by atoms with E-state index in [0.29, 0.717) is 18.0 Å². The second-order valence-corrected chi connectivity index (χ2v) is 7.22. The topological polar surface area (TPSA) is 58.4 Å². The quantitative estimate of drug-likeness (QED) is 0.830. The van der Waals surface area contributed by atoms with E-state index < -0.39 is 0 Å². The van der Waals surface area contributed by atoms with Crippen molar-refractivity contribution in [3.05, 3.63) is 0 Å². The zero-order valence-electron chi connectivity index (χ0n) is 12.5. The van der Waals surface area contributed by atoms with Gasteiger partial charge in [0.05, 0.1) is 0 Å². The molecule has 0 bridgehead atoms. The van der Waals surface area contributed by atoms with Crippen LogP contribution in [0.3, 0.4) is 0 Å². The fourth-order valence-electron chi connectivity index (χ4n) is 4.10. The predicted molar refractivity (Wildman–Crippen MR) is 80.4 cm³/mol. The maximum Gasteiger partial charge on any atom is 0.314 e. The van der Waals surface area contributed by atoms with Crippen molar-refractivity contribution in [2.75, 3.05) is 13.1 Å². The summed E-state index contributed by atoms with van der Waals surface area (Å²) < 4.78 is 0. The van der Waals surface area contributed by atoms with Crippen LogP contribution in [-0.4, -0.2) is 36.1 Å². The van der Waals surface area contributed by atoms with Crippen LogP contribution >= 0.6 is 0 Å². The minimum atomic E-state index is -0.235. The number of urea groups is 1. The van der Waals surface area contributed by atoms with E-state index in [4.69, 9.17) is 5.73 Å². The van der Waals surface area contributed by atoms with Crippen LogP contribution in [0.1, 0.15) is 57.8 Å². The Labute approximate surface area is 122 Å². The van der Waals surface area contributed by atoms with Crippen molar-refractivity contribution in [2.24, 2.45) is 17.6 Å². The van der Waals surface area contributed by atoms with E-state index in [1.807, 2.05) is 4.90 Å². The molecule has 0 spiro atoms. The van der Waals surface area contributed by atoms with Crippen molar-refractivity contribution in [3.8, 4) is 0 Å². The Hall–Kier alpha value is -0.770. The lowest BCUT2D eigenvalue weighted by molar-refractivity contribution is 0.138. The molecule has 4 nitrogen and oxygen atoms in total. The number of hydrogen-bond acceptors (Lipinski definition) is 2. The van der Waals surface area contributed by atoms with Gasteiger partial charge in [-0.3, -0.25) is 0 Å². The zero-order valence-corrected chi connectivity index (χ0v) is 12.5. The van der Waals surface area contributed by atoms with Gasteiger partial charge in [0, 0.05) is 25.2 Å². The Morgan fingerprint density at radius 3 is 2.40 bits per heavy atom. The molecule has 3 rings (SSSR count). The molecule has 2 atom stereocenters. The summed E-state index contributed by atoms with van der Waals surface area (Å²) in [6.07, 6.45) is 12.0. The zero-order chi connectivity index (χ0) is 13.9. The Bertz CT molecular complexity index is 337. The number of hydrogen-bond donors (Lipinski definition) is 2. The third-order valence-electron chi connectivity index (χ3n) is 5.29.